The van der Waals surface area contributed by atoms with Gasteiger partial charge in [-0.25, -0.2) is 0 Å². The maximum atomic E-state index is 12.8. The molecule has 3 fully saturated rings. The minimum absolute atomic E-state index is 0.0507. The minimum atomic E-state index is -0.882. The maximum Gasteiger partial charge on any atom is 0.312 e. The van der Waals surface area contributed by atoms with Gasteiger partial charge in [0.1, 0.15) is 6.61 Å². The van der Waals surface area contributed by atoms with Crippen molar-refractivity contribution in [2.45, 2.75) is 70.2 Å². The van der Waals surface area contributed by atoms with Gasteiger partial charge in [0.15, 0.2) is 0 Å². The Bertz CT molecular complexity index is 616. The summed E-state index contributed by atoms with van der Waals surface area (Å²) in [5.41, 5.74) is -0.629. The summed E-state index contributed by atoms with van der Waals surface area (Å²) in [5.74, 6) is -0.465. The fourth-order valence-corrected chi connectivity index (χ4v) is 5.17. The number of aliphatic hydroxyl groups excluding tert-OH is 1. The highest BCUT2D eigenvalue weighted by Gasteiger charge is 2.59. The topological polar surface area (TPSA) is 76.0 Å². The van der Waals surface area contributed by atoms with Crippen LogP contribution >= 0.6 is 0 Å². The molecule has 0 aromatic rings. The van der Waals surface area contributed by atoms with Gasteiger partial charge in [0.05, 0.1) is 23.2 Å². The van der Waals surface area contributed by atoms with Crippen LogP contribution in [0.2, 0.25) is 0 Å². The van der Waals surface area contributed by atoms with Crippen molar-refractivity contribution < 1.29 is 24.5 Å². The smallest absolute Gasteiger partial charge is 0.312 e. The monoisotopic (exact) mass is 364 g/mol. The number of aliphatic hydroxyl groups is 2. The van der Waals surface area contributed by atoms with E-state index >= 15 is 0 Å². The molecule has 1 saturated heterocycles. The van der Waals surface area contributed by atoms with Crippen LogP contribution in [-0.2, 0) is 14.3 Å². The molecule has 26 heavy (non-hydrogen) atoms. The normalized spacial score (nSPS) is 42.5. The number of cyclic esters (lactones) is 1. The van der Waals surface area contributed by atoms with Crippen LogP contribution in [0.3, 0.4) is 0 Å². The van der Waals surface area contributed by atoms with E-state index in [0.29, 0.717) is 19.3 Å². The fraction of sp³-hybridized carbons (Fsp3) is 0.762. The van der Waals surface area contributed by atoms with Crippen LogP contribution in [-0.4, -0.2) is 47.2 Å². The van der Waals surface area contributed by atoms with E-state index in [-0.39, 0.29) is 35.9 Å². The molecular weight excluding hydrogens is 332 g/mol. The molecule has 0 spiro atoms. The van der Waals surface area contributed by atoms with E-state index in [4.69, 9.17) is 9.47 Å². The molecular formula is C21H32O5. The maximum absolute atomic E-state index is 12.8. The van der Waals surface area contributed by atoms with Crippen LogP contribution < -0.4 is 0 Å². The van der Waals surface area contributed by atoms with Gasteiger partial charge in [0.2, 0.25) is 0 Å². The van der Waals surface area contributed by atoms with Crippen molar-refractivity contribution in [2.75, 3.05) is 13.7 Å². The van der Waals surface area contributed by atoms with Crippen LogP contribution in [0.5, 0.6) is 0 Å². The lowest BCUT2D eigenvalue weighted by Crippen LogP contribution is -2.55. The number of esters is 1. The predicted molar refractivity (Wildman–Crippen MR) is 98.4 cm³/mol. The molecule has 0 aromatic carbocycles. The van der Waals surface area contributed by atoms with E-state index < -0.39 is 11.2 Å². The van der Waals surface area contributed by atoms with Gasteiger partial charge >= 0.3 is 5.97 Å². The van der Waals surface area contributed by atoms with E-state index in [1.54, 1.807) is 27.0 Å². The van der Waals surface area contributed by atoms with E-state index in [0.717, 1.165) is 18.4 Å². The molecule has 2 N–H and O–H groups in total. The molecule has 3 aliphatic rings. The average Bonchev–Trinajstić information content (AvgIpc) is 2.67. The first-order valence-electron chi connectivity index (χ1n) is 9.61. The molecule has 0 aromatic heterocycles. The second-order valence-electron chi connectivity index (χ2n) is 9.14. The second kappa shape index (κ2) is 6.77. The van der Waals surface area contributed by atoms with Gasteiger partial charge in [-0.2, -0.15) is 0 Å². The Labute approximate surface area is 156 Å². The van der Waals surface area contributed by atoms with E-state index in [9.17, 15) is 15.0 Å². The zero-order valence-electron chi connectivity index (χ0n) is 16.3. The molecule has 5 heteroatoms. The summed E-state index contributed by atoms with van der Waals surface area (Å²) in [6.45, 7) is 5.85. The molecule has 3 rings (SSSR count). The molecule has 2 saturated carbocycles. The van der Waals surface area contributed by atoms with E-state index in [1.807, 2.05) is 12.2 Å². The average molecular weight is 364 g/mol. The molecule has 5 atom stereocenters. The van der Waals surface area contributed by atoms with Gasteiger partial charge in [-0.05, 0) is 62.9 Å². The van der Waals surface area contributed by atoms with Crippen LogP contribution in [0.15, 0.2) is 23.8 Å². The predicted octanol–water partition coefficient (Wildman–Crippen LogP) is 2.76. The fourth-order valence-electron chi connectivity index (χ4n) is 5.17. The van der Waals surface area contributed by atoms with Crippen LogP contribution in [0.1, 0.15) is 52.9 Å². The van der Waals surface area contributed by atoms with Crippen LogP contribution in [0, 0.1) is 17.3 Å². The number of hydrogen-bond donors (Lipinski definition) is 2. The molecule has 146 valence electrons. The molecule has 2 bridgehead atoms. The number of ether oxygens (including phenoxy) is 2. The highest BCUT2D eigenvalue weighted by molar-refractivity contribution is 5.76. The van der Waals surface area contributed by atoms with Gasteiger partial charge in [0.25, 0.3) is 0 Å². The van der Waals surface area contributed by atoms with Crippen LogP contribution in [0.4, 0.5) is 0 Å². The largest absolute Gasteiger partial charge is 0.461 e. The number of rotatable bonds is 3. The lowest BCUT2D eigenvalue weighted by Gasteiger charge is -2.50. The number of carbonyl (C=O) groups excluding carboxylic acids is 1. The van der Waals surface area contributed by atoms with Gasteiger partial charge in [-0.3, -0.25) is 4.79 Å². The molecule has 2 aliphatic carbocycles. The van der Waals surface area contributed by atoms with E-state index in [2.05, 4.69) is 6.92 Å². The molecule has 0 amide bonds. The van der Waals surface area contributed by atoms with Crippen molar-refractivity contribution in [1.82, 2.24) is 0 Å². The summed E-state index contributed by atoms with van der Waals surface area (Å²) in [7, 11) is 1.68. The third-order valence-corrected chi connectivity index (χ3v) is 6.68. The number of allylic oxidation sites excluding steroid dienone is 2. The summed E-state index contributed by atoms with van der Waals surface area (Å²) in [6, 6.07) is 0. The Morgan fingerprint density at radius 2 is 2.04 bits per heavy atom. The van der Waals surface area contributed by atoms with Crippen molar-refractivity contribution in [3.05, 3.63) is 23.8 Å². The summed E-state index contributed by atoms with van der Waals surface area (Å²) in [4.78, 5) is 12.8. The first-order chi connectivity index (χ1) is 12.1. The third-order valence-electron chi connectivity index (χ3n) is 6.68. The van der Waals surface area contributed by atoms with Gasteiger partial charge in [-0.1, -0.05) is 25.2 Å². The van der Waals surface area contributed by atoms with Crippen molar-refractivity contribution in [3.8, 4) is 0 Å². The van der Waals surface area contributed by atoms with Crippen LogP contribution in [0.25, 0.3) is 0 Å². The van der Waals surface area contributed by atoms with Gasteiger partial charge in [0, 0.05) is 7.11 Å². The first kappa shape index (κ1) is 19.6. The van der Waals surface area contributed by atoms with Crippen molar-refractivity contribution in [1.29, 1.82) is 0 Å². The SMILES string of the molecule is CO[C@@]12CCC(O)[C@@](C)(CC[C@@H]3/C(=C\C=C\C(C)(C)O)COC(=O)[C@H]31)C2. The molecule has 1 unspecified atom stereocenters. The van der Waals surface area contributed by atoms with Gasteiger partial charge < -0.3 is 19.7 Å². The number of methoxy groups -OCH3 is 1. The first-order valence-corrected chi connectivity index (χ1v) is 9.61. The molecule has 5 nitrogen and oxygen atoms in total. The molecule has 0 radical (unpaired) electrons. The highest BCUT2D eigenvalue weighted by Crippen LogP contribution is 2.56. The Morgan fingerprint density at radius 1 is 1.31 bits per heavy atom. The minimum Gasteiger partial charge on any atom is -0.461 e. The second-order valence-corrected chi connectivity index (χ2v) is 9.14. The summed E-state index contributed by atoms with van der Waals surface area (Å²) >= 11 is 0. The van der Waals surface area contributed by atoms with Gasteiger partial charge in [-0.15, -0.1) is 0 Å². The van der Waals surface area contributed by atoms with Crippen molar-refractivity contribution in [2.24, 2.45) is 17.3 Å². The summed E-state index contributed by atoms with van der Waals surface area (Å²) in [6.07, 6.45) is 8.89. The molecule has 1 aliphatic heterocycles. The highest BCUT2D eigenvalue weighted by atomic mass is 16.5. The number of carbonyl (C=O) groups is 1. The Hall–Kier alpha value is -1.17. The standard InChI is InChI=1S/C21H32O5/c1-19(2,24)9-5-6-14-12-26-18(23)17-15(14)7-10-20(3)13-21(17,25-4)11-8-16(20)22/h5-6,9,15-17,22,24H,7-8,10-13H2,1-4H3/b9-5+,14-6-/t15-,16?,17+,20+,21-/m1/s1. The quantitative estimate of drug-likeness (QED) is 0.753. The number of hydrogen-bond acceptors (Lipinski definition) is 5. The van der Waals surface area contributed by atoms with Crippen molar-refractivity contribution in [3.63, 3.8) is 0 Å². The Kier molecular flexibility index (Phi) is 5.10. The Morgan fingerprint density at radius 3 is 2.69 bits per heavy atom. The van der Waals surface area contributed by atoms with Crippen molar-refractivity contribution >= 4 is 5.97 Å². The summed E-state index contributed by atoms with van der Waals surface area (Å²) in [5, 5.41) is 20.5. The summed E-state index contributed by atoms with van der Waals surface area (Å²) < 4.78 is 11.5. The number of fused-ring (bicyclic) bond motifs is 4. The zero-order valence-corrected chi connectivity index (χ0v) is 16.3. The molecule has 1 heterocycles. The lowest BCUT2D eigenvalue weighted by atomic mass is 9.62. The third kappa shape index (κ3) is 3.49. The zero-order chi connectivity index (χ0) is 19.2. The van der Waals surface area contributed by atoms with E-state index in [1.165, 1.54) is 0 Å². The lowest BCUT2D eigenvalue weighted by molar-refractivity contribution is -0.184. The Balaban J connectivity index is 1.98.